The van der Waals surface area contributed by atoms with E-state index in [-0.39, 0.29) is 17.7 Å². The molecular formula is C21H21N3O3. The number of aromatic nitrogens is 2. The minimum absolute atomic E-state index is 0.0982. The van der Waals surface area contributed by atoms with E-state index >= 15 is 0 Å². The van der Waals surface area contributed by atoms with Crippen LogP contribution in [0.1, 0.15) is 27.0 Å². The lowest BCUT2D eigenvalue weighted by atomic mass is 10.1. The highest BCUT2D eigenvalue weighted by atomic mass is 16.5. The highest BCUT2D eigenvalue weighted by Crippen LogP contribution is 2.29. The Morgan fingerprint density at radius 1 is 1.11 bits per heavy atom. The molecule has 0 spiro atoms. The number of nitrogens with zero attached hydrogens (tertiary/aromatic N) is 2. The van der Waals surface area contributed by atoms with Crippen molar-refractivity contribution in [3.8, 4) is 11.6 Å². The maximum atomic E-state index is 12.4. The predicted octanol–water partition coefficient (Wildman–Crippen LogP) is 3.12. The van der Waals surface area contributed by atoms with Crippen molar-refractivity contribution in [3.05, 3.63) is 87.5 Å². The van der Waals surface area contributed by atoms with Crippen molar-refractivity contribution in [3.63, 3.8) is 0 Å². The van der Waals surface area contributed by atoms with Crippen LogP contribution >= 0.6 is 0 Å². The number of amides is 1. The van der Waals surface area contributed by atoms with E-state index in [0.717, 1.165) is 22.4 Å². The summed E-state index contributed by atoms with van der Waals surface area (Å²) in [7, 11) is 1.61. The number of hydrogen-bond acceptors (Lipinski definition) is 4. The summed E-state index contributed by atoms with van der Waals surface area (Å²) in [6, 6.07) is 12.7. The molecule has 2 aromatic heterocycles. The standard InChI is InChI=1S/C21H21N3O3/c1-14-7-4-8-15(2)18(14)27-20-16(9-5-11-22-20)13-23-19(25)17-10-6-12-24(3)21(17)26/h4-12H,13H2,1-3H3,(H,23,25). The van der Waals surface area contributed by atoms with E-state index in [1.165, 1.54) is 10.6 Å². The lowest BCUT2D eigenvalue weighted by Crippen LogP contribution is -2.31. The van der Waals surface area contributed by atoms with Crippen LogP contribution in [-0.4, -0.2) is 15.5 Å². The molecule has 0 saturated carbocycles. The van der Waals surface area contributed by atoms with Gasteiger partial charge in [0.05, 0.1) is 0 Å². The number of carbonyl (C=O) groups is 1. The van der Waals surface area contributed by atoms with Crippen LogP contribution in [0, 0.1) is 13.8 Å². The molecule has 2 heterocycles. The van der Waals surface area contributed by atoms with E-state index in [4.69, 9.17) is 4.74 Å². The van der Waals surface area contributed by atoms with Gasteiger partial charge in [-0.05, 0) is 43.2 Å². The topological polar surface area (TPSA) is 73.2 Å². The molecule has 0 saturated heterocycles. The molecular weight excluding hydrogens is 342 g/mol. The van der Waals surface area contributed by atoms with E-state index in [9.17, 15) is 9.59 Å². The molecule has 3 rings (SSSR count). The van der Waals surface area contributed by atoms with Gasteiger partial charge in [-0.2, -0.15) is 0 Å². The number of rotatable bonds is 5. The molecule has 0 aliphatic heterocycles. The molecule has 0 fully saturated rings. The molecule has 3 aromatic rings. The molecule has 138 valence electrons. The largest absolute Gasteiger partial charge is 0.438 e. The summed E-state index contributed by atoms with van der Waals surface area (Å²) in [6.07, 6.45) is 3.25. The van der Waals surface area contributed by atoms with Crippen molar-refractivity contribution >= 4 is 5.91 Å². The number of hydrogen-bond donors (Lipinski definition) is 1. The summed E-state index contributed by atoms with van der Waals surface area (Å²) in [5.74, 6) is 0.745. The summed E-state index contributed by atoms with van der Waals surface area (Å²) < 4.78 is 7.39. The first kappa shape index (κ1) is 18.4. The van der Waals surface area contributed by atoms with Crippen molar-refractivity contribution in [1.82, 2.24) is 14.9 Å². The second-order valence-corrected chi connectivity index (χ2v) is 6.31. The maximum Gasteiger partial charge on any atom is 0.263 e. The Bertz CT molecular complexity index is 1020. The van der Waals surface area contributed by atoms with Gasteiger partial charge in [0.15, 0.2) is 0 Å². The van der Waals surface area contributed by atoms with Crippen LogP contribution < -0.4 is 15.6 Å². The molecule has 27 heavy (non-hydrogen) atoms. The summed E-state index contributed by atoms with van der Waals surface area (Å²) in [4.78, 5) is 28.8. The Morgan fingerprint density at radius 3 is 2.59 bits per heavy atom. The van der Waals surface area contributed by atoms with Crippen molar-refractivity contribution in [2.45, 2.75) is 20.4 Å². The molecule has 0 aliphatic carbocycles. The van der Waals surface area contributed by atoms with Crippen molar-refractivity contribution < 1.29 is 9.53 Å². The van der Waals surface area contributed by atoms with Gasteiger partial charge in [0.1, 0.15) is 11.3 Å². The third-order valence-electron chi connectivity index (χ3n) is 4.26. The number of carbonyl (C=O) groups excluding carboxylic acids is 1. The first-order valence-electron chi connectivity index (χ1n) is 8.59. The molecule has 1 aromatic carbocycles. The fraction of sp³-hybridized carbons (Fsp3) is 0.190. The van der Waals surface area contributed by atoms with Crippen LogP contribution in [0.5, 0.6) is 11.6 Å². The Morgan fingerprint density at radius 2 is 1.85 bits per heavy atom. The summed E-state index contributed by atoms with van der Waals surface area (Å²) in [5.41, 5.74) is 2.49. The van der Waals surface area contributed by atoms with Gasteiger partial charge in [-0.1, -0.05) is 24.3 Å². The second-order valence-electron chi connectivity index (χ2n) is 6.31. The minimum atomic E-state index is -0.432. The molecule has 0 aliphatic rings. The minimum Gasteiger partial charge on any atom is -0.438 e. The normalized spacial score (nSPS) is 10.5. The van der Waals surface area contributed by atoms with Crippen molar-refractivity contribution in [1.29, 1.82) is 0 Å². The molecule has 0 atom stereocenters. The Balaban J connectivity index is 1.80. The number of pyridine rings is 2. The summed E-state index contributed by atoms with van der Waals surface area (Å²) in [6.45, 7) is 4.14. The SMILES string of the molecule is Cc1cccc(C)c1Oc1ncccc1CNC(=O)c1cccn(C)c1=O. The van der Waals surface area contributed by atoms with Gasteiger partial charge in [-0.15, -0.1) is 0 Å². The van der Waals surface area contributed by atoms with Gasteiger partial charge in [0.2, 0.25) is 5.88 Å². The zero-order valence-corrected chi connectivity index (χ0v) is 15.5. The first-order valence-corrected chi connectivity index (χ1v) is 8.59. The van der Waals surface area contributed by atoms with E-state index in [2.05, 4.69) is 10.3 Å². The lowest BCUT2D eigenvalue weighted by Gasteiger charge is -2.14. The second kappa shape index (κ2) is 7.86. The fourth-order valence-electron chi connectivity index (χ4n) is 2.75. The molecule has 1 N–H and O–H groups in total. The van der Waals surface area contributed by atoms with Gasteiger partial charge in [-0.25, -0.2) is 4.98 Å². The van der Waals surface area contributed by atoms with E-state index in [1.807, 2.05) is 38.1 Å². The monoisotopic (exact) mass is 363 g/mol. The molecule has 0 radical (unpaired) electrons. The third kappa shape index (κ3) is 4.06. The average Bonchev–Trinajstić information content (AvgIpc) is 2.66. The highest BCUT2D eigenvalue weighted by Gasteiger charge is 2.14. The Labute approximate surface area is 157 Å². The highest BCUT2D eigenvalue weighted by molar-refractivity contribution is 5.93. The molecule has 0 unspecified atom stereocenters. The predicted molar refractivity (Wildman–Crippen MR) is 103 cm³/mol. The third-order valence-corrected chi connectivity index (χ3v) is 4.26. The van der Waals surface area contributed by atoms with Gasteiger partial charge < -0.3 is 14.6 Å². The number of nitrogens with one attached hydrogen (secondary N) is 1. The van der Waals surface area contributed by atoms with Crippen LogP contribution in [0.3, 0.4) is 0 Å². The number of para-hydroxylation sites is 1. The lowest BCUT2D eigenvalue weighted by molar-refractivity contribution is 0.0948. The van der Waals surface area contributed by atoms with E-state index in [1.54, 1.807) is 31.6 Å². The van der Waals surface area contributed by atoms with Crippen LogP contribution in [0.2, 0.25) is 0 Å². The van der Waals surface area contributed by atoms with Gasteiger partial charge in [0.25, 0.3) is 11.5 Å². The van der Waals surface area contributed by atoms with Crippen molar-refractivity contribution in [2.24, 2.45) is 7.05 Å². The quantitative estimate of drug-likeness (QED) is 0.756. The number of ether oxygens (including phenoxy) is 1. The molecule has 6 heteroatoms. The fourth-order valence-corrected chi connectivity index (χ4v) is 2.75. The first-order chi connectivity index (χ1) is 13.0. The molecule has 1 amide bonds. The van der Waals surface area contributed by atoms with Gasteiger partial charge in [0, 0.05) is 31.5 Å². The smallest absolute Gasteiger partial charge is 0.263 e. The number of benzene rings is 1. The van der Waals surface area contributed by atoms with Crippen LogP contribution in [0.4, 0.5) is 0 Å². The van der Waals surface area contributed by atoms with Gasteiger partial charge in [-0.3, -0.25) is 9.59 Å². The Hall–Kier alpha value is -3.41. The zero-order chi connectivity index (χ0) is 19.4. The average molecular weight is 363 g/mol. The van der Waals surface area contributed by atoms with E-state index in [0.29, 0.717) is 5.88 Å². The summed E-state index contributed by atoms with van der Waals surface area (Å²) >= 11 is 0. The van der Waals surface area contributed by atoms with Crippen molar-refractivity contribution in [2.75, 3.05) is 0 Å². The van der Waals surface area contributed by atoms with Crippen LogP contribution in [0.25, 0.3) is 0 Å². The van der Waals surface area contributed by atoms with Crippen LogP contribution in [0.15, 0.2) is 59.7 Å². The van der Waals surface area contributed by atoms with E-state index < -0.39 is 5.91 Å². The summed E-state index contributed by atoms with van der Waals surface area (Å²) in [5, 5.41) is 2.77. The zero-order valence-electron chi connectivity index (χ0n) is 15.5. The molecule has 6 nitrogen and oxygen atoms in total. The Kier molecular flexibility index (Phi) is 5.35. The maximum absolute atomic E-state index is 12.4. The number of aryl methyl sites for hydroxylation is 3. The van der Waals surface area contributed by atoms with Crippen LogP contribution in [-0.2, 0) is 13.6 Å². The molecule has 0 bridgehead atoms. The van der Waals surface area contributed by atoms with Gasteiger partial charge >= 0.3 is 0 Å².